The van der Waals surface area contributed by atoms with Crippen LogP contribution in [-0.2, 0) is 0 Å². The van der Waals surface area contributed by atoms with Crippen molar-refractivity contribution in [3.8, 4) is 6.07 Å². The Balaban J connectivity index is 2.31. The smallest absolute Gasteiger partial charge is 0.183 e. The largest absolute Gasteiger partial charge is 0.369 e. The fourth-order valence-corrected chi connectivity index (χ4v) is 2.84. The standard InChI is InChI=1S/C15H18F2N2/c1-3-15(4-2)7-8-19(10-15)12-6-5-11(9-18)13(16)14(12)17/h5-6H,3-4,7-8,10H2,1-2H3. The summed E-state index contributed by atoms with van der Waals surface area (Å²) >= 11 is 0. The number of rotatable bonds is 3. The maximum atomic E-state index is 14.0. The van der Waals surface area contributed by atoms with Crippen molar-refractivity contribution in [1.82, 2.24) is 0 Å². The first kappa shape index (κ1) is 13.8. The molecule has 1 fully saturated rings. The van der Waals surface area contributed by atoms with Gasteiger partial charge in [-0.1, -0.05) is 13.8 Å². The quantitative estimate of drug-likeness (QED) is 0.829. The molecule has 1 aromatic rings. The molecule has 2 rings (SSSR count). The molecule has 4 heteroatoms. The third-order valence-electron chi connectivity index (χ3n) is 4.46. The highest BCUT2D eigenvalue weighted by molar-refractivity contribution is 5.53. The first-order valence-corrected chi connectivity index (χ1v) is 6.70. The predicted octanol–water partition coefficient (Wildman–Crippen LogP) is 3.85. The van der Waals surface area contributed by atoms with Gasteiger partial charge in [0.05, 0.1) is 11.3 Å². The SMILES string of the molecule is CCC1(CC)CCN(c2ccc(C#N)c(F)c2F)C1. The molecule has 19 heavy (non-hydrogen) atoms. The fourth-order valence-electron chi connectivity index (χ4n) is 2.84. The highest BCUT2D eigenvalue weighted by atomic mass is 19.2. The van der Waals surface area contributed by atoms with Gasteiger partial charge < -0.3 is 4.90 Å². The van der Waals surface area contributed by atoms with Crippen molar-refractivity contribution < 1.29 is 8.78 Å². The zero-order chi connectivity index (χ0) is 14.0. The first-order valence-electron chi connectivity index (χ1n) is 6.70. The number of hydrogen-bond donors (Lipinski definition) is 0. The lowest BCUT2D eigenvalue weighted by atomic mass is 9.82. The summed E-state index contributed by atoms with van der Waals surface area (Å²) in [4.78, 5) is 1.90. The molecule has 1 saturated heterocycles. The van der Waals surface area contributed by atoms with E-state index in [1.807, 2.05) is 4.90 Å². The lowest BCUT2D eigenvalue weighted by Crippen LogP contribution is -2.27. The molecule has 0 radical (unpaired) electrons. The lowest BCUT2D eigenvalue weighted by molar-refractivity contribution is 0.301. The fraction of sp³-hybridized carbons (Fsp3) is 0.533. The van der Waals surface area contributed by atoms with Crippen molar-refractivity contribution in [1.29, 1.82) is 5.26 Å². The molecule has 0 saturated carbocycles. The zero-order valence-electron chi connectivity index (χ0n) is 11.3. The molecule has 1 aliphatic rings. The molecule has 1 aromatic carbocycles. The summed E-state index contributed by atoms with van der Waals surface area (Å²) in [5.41, 5.74) is 0.245. The summed E-state index contributed by atoms with van der Waals surface area (Å²) in [6, 6.07) is 4.52. The van der Waals surface area contributed by atoms with Crippen molar-refractivity contribution >= 4 is 5.69 Å². The summed E-state index contributed by atoms with van der Waals surface area (Å²) in [6.45, 7) is 5.78. The topological polar surface area (TPSA) is 27.0 Å². The van der Waals surface area contributed by atoms with E-state index in [0.29, 0.717) is 0 Å². The molecule has 0 unspecified atom stereocenters. The molecular weight excluding hydrogens is 246 g/mol. The Labute approximate surface area is 112 Å². The molecule has 0 atom stereocenters. The van der Waals surface area contributed by atoms with Gasteiger partial charge >= 0.3 is 0 Å². The number of nitriles is 1. The molecule has 0 bridgehead atoms. The van der Waals surface area contributed by atoms with Crippen LogP contribution < -0.4 is 4.90 Å². The van der Waals surface area contributed by atoms with Gasteiger partial charge in [0.1, 0.15) is 6.07 Å². The van der Waals surface area contributed by atoms with Gasteiger partial charge in [-0.2, -0.15) is 5.26 Å². The number of halogens is 2. The highest BCUT2D eigenvalue weighted by Crippen LogP contribution is 2.40. The van der Waals surface area contributed by atoms with Crippen LogP contribution in [0.4, 0.5) is 14.5 Å². The van der Waals surface area contributed by atoms with Crippen molar-refractivity contribution in [2.24, 2.45) is 5.41 Å². The van der Waals surface area contributed by atoms with E-state index in [-0.39, 0.29) is 16.7 Å². The van der Waals surface area contributed by atoms with Crippen LogP contribution in [0.2, 0.25) is 0 Å². The molecule has 0 spiro atoms. The van der Waals surface area contributed by atoms with Crippen LogP contribution in [0.5, 0.6) is 0 Å². The lowest BCUT2D eigenvalue weighted by Gasteiger charge is -2.27. The van der Waals surface area contributed by atoms with Crippen LogP contribution in [0, 0.1) is 28.4 Å². The molecule has 1 aliphatic heterocycles. The summed E-state index contributed by atoms with van der Waals surface area (Å²) < 4.78 is 27.6. The van der Waals surface area contributed by atoms with E-state index >= 15 is 0 Å². The van der Waals surface area contributed by atoms with E-state index in [2.05, 4.69) is 13.8 Å². The summed E-state index contributed by atoms with van der Waals surface area (Å²) in [5, 5.41) is 8.69. The number of benzene rings is 1. The Kier molecular flexibility index (Phi) is 3.75. The van der Waals surface area contributed by atoms with E-state index in [9.17, 15) is 8.78 Å². The molecule has 0 aliphatic carbocycles. The van der Waals surface area contributed by atoms with Crippen LogP contribution in [-0.4, -0.2) is 13.1 Å². The third kappa shape index (κ3) is 2.30. The average Bonchev–Trinajstić information content (AvgIpc) is 2.87. The second kappa shape index (κ2) is 5.16. The Morgan fingerprint density at radius 3 is 2.47 bits per heavy atom. The zero-order valence-corrected chi connectivity index (χ0v) is 11.3. The Morgan fingerprint density at radius 1 is 1.26 bits per heavy atom. The van der Waals surface area contributed by atoms with Gasteiger partial charge in [-0.25, -0.2) is 8.78 Å². The first-order chi connectivity index (χ1) is 9.06. The minimum atomic E-state index is -1.04. The van der Waals surface area contributed by atoms with Gasteiger partial charge in [0.15, 0.2) is 11.6 Å². The normalized spacial score (nSPS) is 17.5. The van der Waals surface area contributed by atoms with Crippen LogP contribution in [0.25, 0.3) is 0 Å². The number of anilines is 1. The number of nitrogens with zero attached hydrogens (tertiary/aromatic N) is 2. The van der Waals surface area contributed by atoms with E-state index in [1.165, 1.54) is 12.1 Å². The molecule has 2 nitrogen and oxygen atoms in total. The Bertz CT molecular complexity index is 516. The van der Waals surface area contributed by atoms with Gasteiger partial charge in [0, 0.05) is 13.1 Å². The van der Waals surface area contributed by atoms with E-state index < -0.39 is 11.6 Å². The molecule has 0 amide bonds. The van der Waals surface area contributed by atoms with Crippen LogP contribution in [0.1, 0.15) is 38.7 Å². The maximum Gasteiger partial charge on any atom is 0.183 e. The van der Waals surface area contributed by atoms with Gasteiger partial charge in [-0.15, -0.1) is 0 Å². The monoisotopic (exact) mass is 264 g/mol. The molecule has 0 N–H and O–H groups in total. The number of hydrogen-bond acceptors (Lipinski definition) is 2. The summed E-state index contributed by atoms with van der Waals surface area (Å²) in [7, 11) is 0. The molecule has 0 aromatic heterocycles. The van der Waals surface area contributed by atoms with Crippen molar-refractivity contribution in [2.75, 3.05) is 18.0 Å². The van der Waals surface area contributed by atoms with Gasteiger partial charge in [-0.05, 0) is 36.8 Å². The van der Waals surface area contributed by atoms with Crippen LogP contribution in [0.15, 0.2) is 12.1 Å². The Hall–Kier alpha value is -1.63. The van der Waals surface area contributed by atoms with Gasteiger partial charge in [-0.3, -0.25) is 0 Å². The second-order valence-electron chi connectivity index (χ2n) is 5.25. The minimum Gasteiger partial charge on any atom is -0.369 e. The molecular formula is C15H18F2N2. The van der Waals surface area contributed by atoms with Crippen molar-refractivity contribution in [2.45, 2.75) is 33.1 Å². The average molecular weight is 264 g/mol. The van der Waals surface area contributed by atoms with Crippen LogP contribution in [0.3, 0.4) is 0 Å². The van der Waals surface area contributed by atoms with E-state index in [4.69, 9.17) is 5.26 Å². The van der Waals surface area contributed by atoms with Gasteiger partial charge in [0.25, 0.3) is 0 Å². The van der Waals surface area contributed by atoms with Crippen molar-refractivity contribution in [3.63, 3.8) is 0 Å². The highest BCUT2D eigenvalue weighted by Gasteiger charge is 2.36. The summed E-state index contributed by atoms with van der Waals surface area (Å²) in [6.07, 6.45) is 3.09. The third-order valence-corrected chi connectivity index (χ3v) is 4.46. The molecule has 1 heterocycles. The minimum absolute atomic E-state index is 0.205. The Morgan fingerprint density at radius 2 is 1.95 bits per heavy atom. The maximum absolute atomic E-state index is 14.0. The van der Waals surface area contributed by atoms with Crippen LogP contribution >= 0.6 is 0 Å². The molecule has 102 valence electrons. The van der Waals surface area contributed by atoms with E-state index in [1.54, 1.807) is 6.07 Å². The predicted molar refractivity (Wildman–Crippen MR) is 70.9 cm³/mol. The van der Waals surface area contributed by atoms with Gasteiger partial charge in [0.2, 0.25) is 0 Å². The second-order valence-corrected chi connectivity index (χ2v) is 5.25. The van der Waals surface area contributed by atoms with Crippen molar-refractivity contribution in [3.05, 3.63) is 29.3 Å². The van der Waals surface area contributed by atoms with E-state index in [0.717, 1.165) is 32.4 Å². The summed E-state index contributed by atoms with van der Waals surface area (Å²) in [5.74, 6) is -1.94.